The third kappa shape index (κ3) is 5.73. The average Bonchev–Trinajstić information content (AvgIpc) is 3.33. The first-order chi connectivity index (χ1) is 18.0. The molecule has 0 saturated carbocycles. The molecule has 10 heteroatoms. The van der Waals surface area contributed by atoms with Crippen LogP contribution < -0.4 is 29.6 Å². The molecule has 2 aliphatic heterocycles. The molecule has 3 aromatic rings. The van der Waals surface area contributed by atoms with E-state index in [0.29, 0.717) is 66.8 Å². The van der Waals surface area contributed by atoms with E-state index in [1.807, 2.05) is 0 Å². The fraction of sp³-hybridized carbons (Fsp3) is 0.333. The molecule has 37 heavy (non-hydrogen) atoms. The van der Waals surface area contributed by atoms with Gasteiger partial charge in [0.2, 0.25) is 17.7 Å². The van der Waals surface area contributed by atoms with Gasteiger partial charge in [-0.25, -0.2) is 4.39 Å². The first kappa shape index (κ1) is 25.1. The van der Waals surface area contributed by atoms with E-state index in [1.165, 1.54) is 7.11 Å². The van der Waals surface area contributed by atoms with Gasteiger partial charge in [-0.05, 0) is 30.2 Å². The van der Waals surface area contributed by atoms with E-state index in [-0.39, 0.29) is 29.5 Å². The van der Waals surface area contributed by atoms with Crippen LogP contribution in [0.5, 0.6) is 23.3 Å². The van der Waals surface area contributed by atoms with Crippen LogP contribution in [0.25, 0.3) is 11.1 Å². The molecular weight excluding hydrogens is 501 g/mol. The van der Waals surface area contributed by atoms with Crippen molar-refractivity contribution in [3.8, 4) is 34.4 Å². The molecule has 3 heterocycles. The number of ether oxygens (including phenoxy) is 4. The molecule has 2 aliphatic rings. The molecule has 0 unspecified atom stereocenters. The fourth-order valence-electron chi connectivity index (χ4n) is 4.38. The number of nitrogens with one attached hydrogen (secondary N) is 2. The lowest BCUT2D eigenvalue weighted by Gasteiger charge is -2.19. The summed E-state index contributed by atoms with van der Waals surface area (Å²) in [6, 6.07) is 12.3. The van der Waals surface area contributed by atoms with Gasteiger partial charge in [0.1, 0.15) is 30.7 Å². The summed E-state index contributed by atoms with van der Waals surface area (Å²) >= 11 is 6.44. The molecule has 1 atom stereocenters. The van der Waals surface area contributed by atoms with E-state index in [9.17, 15) is 4.79 Å². The highest BCUT2D eigenvalue weighted by Crippen LogP contribution is 2.36. The van der Waals surface area contributed by atoms with Crippen molar-refractivity contribution in [3.05, 3.63) is 64.4 Å². The molecule has 2 aromatic carbocycles. The lowest BCUT2D eigenvalue weighted by molar-refractivity contribution is -0.119. The second-order valence-electron chi connectivity index (χ2n) is 8.80. The van der Waals surface area contributed by atoms with Crippen molar-refractivity contribution in [1.82, 2.24) is 15.6 Å². The molecule has 2 N–H and O–H groups in total. The number of aromatic nitrogens is 1. The van der Waals surface area contributed by atoms with Crippen LogP contribution in [0.4, 0.5) is 4.39 Å². The van der Waals surface area contributed by atoms with Crippen molar-refractivity contribution in [2.75, 3.05) is 26.9 Å². The number of rotatable bonds is 9. The number of amides is 1. The molecule has 8 nitrogen and oxygen atoms in total. The van der Waals surface area contributed by atoms with Crippen LogP contribution in [0.1, 0.15) is 24.0 Å². The maximum atomic E-state index is 15.4. The van der Waals surface area contributed by atoms with E-state index >= 15 is 4.39 Å². The number of nitrogens with zero attached hydrogens (tertiary/aromatic N) is 1. The Bertz CT molecular complexity index is 1310. The topological polar surface area (TPSA) is 90.9 Å². The number of halogens is 2. The second kappa shape index (κ2) is 11.2. The van der Waals surface area contributed by atoms with E-state index in [0.717, 1.165) is 12.0 Å². The molecule has 1 amide bonds. The van der Waals surface area contributed by atoms with Gasteiger partial charge in [-0.1, -0.05) is 35.9 Å². The SMILES string of the molecule is COc1nc(OCc2cccc(-c3ccc4c(c3)OCCO4)c2F)c(Cl)cc1CNC[C@@H]1CCC(=O)N1. The number of hydrogen-bond donors (Lipinski definition) is 2. The first-order valence-electron chi connectivity index (χ1n) is 12.1. The van der Waals surface area contributed by atoms with Gasteiger partial charge in [-0.15, -0.1) is 0 Å². The summed E-state index contributed by atoms with van der Waals surface area (Å²) in [5.74, 6) is 1.41. The molecule has 194 valence electrons. The van der Waals surface area contributed by atoms with Gasteiger partial charge in [0, 0.05) is 42.2 Å². The van der Waals surface area contributed by atoms with Crippen LogP contribution in [-0.2, 0) is 17.9 Å². The van der Waals surface area contributed by atoms with Crippen molar-refractivity contribution < 1.29 is 28.1 Å². The largest absolute Gasteiger partial charge is 0.486 e. The van der Waals surface area contributed by atoms with Gasteiger partial charge in [-0.2, -0.15) is 4.98 Å². The normalized spacial score (nSPS) is 16.4. The lowest BCUT2D eigenvalue weighted by atomic mass is 10.0. The third-order valence-electron chi connectivity index (χ3n) is 6.26. The second-order valence-corrected chi connectivity index (χ2v) is 9.21. The maximum Gasteiger partial charge on any atom is 0.236 e. The van der Waals surface area contributed by atoms with Crippen LogP contribution >= 0.6 is 11.6 Å². The number of methoxy groups -OCH3 is 1. The van der Waals surface area contributed by atoms with Crippen molar-refractivity contribution in [1.29, 1.82) is 0 Å². The van der Waals surface area contributed by atoms with E-state index in [4.69, 9.17) is 30.5 Å². The van der Waals surface area contributed by atoms with E-state index in [2.05, 4.69) is 15.6 Å². The fourth-order valence-corrected chi connectivity index (χ4v) is 4.61. The zero-order chi connectivity index (χ0) is 25.8. The Morgan fingerprint density at radius 3 is 2.76 bits per heavy atom. The highest BCUT2D eigenvalue weighted by molar-refractivity contribution is 6.31. The summed E-state index contributed by atoms with van der Waals surface area (Å²) in [6.45, 7) is 1.96. The van der Waals surface area contributed by atoms with Crippen molar-refractivity contribution in [2.45, 2.75) is 32.0 Å². The van der Waals surface area contributed by atoms with Gasteiger partial charge in [-0.3, -0.25) is 4.79 Å². The lowest BCUT2D eigenvalue weighted by Crippen LogP contribution is -2.35. The molecule has 5 rings (SSSR count). The maximum absolute atomic E-state index is 15.4. The molecule has 0 spiro atoms. The average molecular weight is 528 g/mol. The number of carbonyl (C=O) groups is 1. The molecular formula is C27H27ClFN3O5. The van der Waals surface area contributed by atoms with Gasteiger partial charge in [0.25, 0.3) is 0 Å². The summed E-state index contributed by atoms with van der Waals surface area (Å²) in [5.41, 5.74) is 2.20. The van der Waals surface area contributed by atoms with Gasteiger partial charge < -0.3 is 29.6 Å². The van der Waals surface area contributed by atoms with E-state index in [1.54, 1.807) is 42.5 Å². The summed E-state index contributed by atoms with van der Waals surface area (Å²) in [6.07, 6.45) is 1.36. The standard InChI is InChI=1S/C27H27ClFN3O5/c1-34-26-18(13-30-14-19-6-8-24(33)31-19)11-21(28)27(32-26)37-15-17-3-2-4-20(25(17)29)16-5-7-22-23(12-16)36-10-9-35-22/h2-5,7,11-12,19,30H,6,8-10,13-15H2,1H3,(H,31,33)/t19-/m0/s1. The molecule has 0 bridgehead atoms. The summed E-state index contributed by atoms with van der Waals surface area (Å²) in [5, 5.41) is 6.50. The molecule has 0 radical (unpaired) electrons. The van der Waals surface area contributed by atoms with Crippen molar-refractivity contribution >= 4 is 17.5 Å². The minimum atomic E-state index is -0.401. The highest BCUT2D eigenvalue weighted by atomic mass is 35.5. The third-order valence-corrected chi connectivity index (χ3v) is 6.53. The Morgan fingerprint density at radius 2 is 1.97 bits per heavy atom. The molecule has 1 aromatic heterocycles. The predicted molar refractivity (Wildman–Crippen MR) is 136 cm³/mol. The Kier molecular flexibility index (Phi) is 7.62. The minimum Gasteiger partial charge on any atom is -0.486 e. The van der Waals surface area contributed by atoms with Crippen LogP contribution in [-0.4, -0.2) is 43.8 Å². The summed E-state index contributed by atoms with van der Waals surface area (Å²) < 4.78 is 37.8. The number of hydrogen-bond acceptors (Lipinski definition) is 7. The smallest absolute Gasteiger partial charge is 0.236 e. The Balaban J connectivity index is 1.27. The van der Waals surface area contributed by atoms with Crippen molar-refractivity contribution in [3.63, 3.8) is 0 Å². The number of pyridine rings is 1. The quantitative estimate of drug-likeness (QED) is 0.429. The molecule has 1 fully saturated rings. The zero-order valence-electron chi connectivity index (χ0n) is 20.3. The van der Waals surface area contributed by atoms with Gasteiger partial charge in [0.05, 0.1) is 7.11 Å². The highest BCUT2D eigenvalue weighted by Gasteiger charge is 2.21. The summed E-state index contributed by atoms with van der Waals surface area (Å²) in [4.78, 5) is 15.8. The van der Waals surface area contributed by atoms with Crippen molar-refractivity contribution in [2.24, 2.45) is 0 Å². The van der Waals surface area contributed by atoms with Crippen LogP contribution in [0.2, 0.25) is 5.02 Å². The Hall–Kier alpha value is -3.56. The zero-order valence-corrected chi connectivity index (χ0v) is 21.1. The monoisotopic (exact) mass is 527 g/mol. The predicted octanol–water partition coefficient (Wildman–Crippen LogP) is 4.27. The van der Waals surface area contributed by atoms with E-state index < -0.39 is 5.82 Å². The summed E-state index contributed by atoms with van der Waals surface area (Å²) in [7, 11) is 1.51. The number of fused-ring (bicyclic) bond motifs is 1. The van der Waals surface area contributed by atoms with Gasteiger partial charge >= 0.3 is 0 Å². The Labute approximate surface area is 219 Å². The van der Waals surface area contributed by atoms with Crippen LogP contribution in [0.3, 0.4) is 0 Å². The van der Waals surface area contributed by atoms with Crippen LogP contribution in [0.15, 0.2) is 42.5 Å². The molecule has 0 aliphatic carbocycles. The minimum absolute atomic E-state index is 0.0704. The van der Waals surface area contributed by atoms with Gasteiger partial charge in [0.15, 0.2) is 11.5 Å². The number of carbonyl (C=O) groups excluding carboxylic acids is 1. The first-order valence-corrected chi connectivity index (χ1v) is 12.4. The molecule has 1 saturated heterocycles. The number of benzene rings is 2. The van der Waals surface area contributed by atoms with Crippen LogP contribution in [0, 0.1) is 5.82 Å². The Morgan fingerprint density at radius 1 is 1.14 bits per heavy atom.